The number of ether oxygens (including phenoxy) is 1. The molecule has 6 heteroatoms. The predicted molar refractivity (Wildman–Crippen MR) is 73.3 cm³/mol. The number of likely N-dealkylation sites (tertiary alicyclic amines) is 1. The van der Waals surface area contributed by atoms with Crippen LogP contribution in [0.4, 0.5) is 4.39 Å². The molecule has 1 aromatic carbocycles. The lowest BCUT2D eigenvalue weighted by Gasteiger charge is -2.31. The Kier molecular flexibility index (Phi) is 5.20. The third-order valence-electron chi connectivity index (χ3n) is 3.37. The van der Waals surface area contributed by atoms with E-state index in [-0.39, 0.29) is 35.8 Å². The topological polar surface area (TPSA) is 49.8 Å². The van der Waals surface area contributed by atoms with Crippen molar-refractivity contribution >= 4 is 17.5 Å². The van der Waals surface area contributed by atoms with Gasteiger partial charge in [0.2, 0.25) is 0 Å². The zero-order valence-electron chi connectivity index (χ0n) is 11.0. The second-order valence-corrected chi connectivity index (χ2v) is 5.30. The van der Waals surface area contributed by atoms with Crippen LogP contribution in [0.5, 0.6) is 5.75 Å². The normalized spacial score (nSPS) is 18.9. The fourth-order valence-corrected chi connectivity index (χ4v) is 2.49. The second-order valence-electron chi connectivity index (χ2n) is 4.89. The molecule has 0 aromatic heterocycles. The Morgan fingerprint density at radius 1 is 1.55 bits per heavy atom. The summed E-state index contributed by atoms with van der Waals surface area (Å²) in [7, 11) is 0. The standard InChI is InChI=1S/C14H17ClFNO3/c15-12-6-11(16)3-4-13(12)20-9-14(19)17-5-1-2-10(7-17)8-18/h3-4,6,10,18H,1-2,5,7-9H2. The van der Waals surface area contributed by atoms with Gasteiger partial charge in [-0.1, -0.05) is 11.6 Å². The SMILES string of the molecule is O=C(COc1ccc(F)cc1Cl)N1CCCC(CO)C1. The number of carbonyl (C=O) groups is 1. The number of hydrogen-bond donors (Lipinski definition) is 1. The van der Waals surface area contributed by atoms with E-state index in [2.05, 4.69) is 0 Å². The molecule has 1 aliphatic heterocycles. The van der Waals surface area contributed by atoms with Crippen molar-refractivity contribution in [1.29, 1.82) is 0 Å². The highest BCUT2D eigenvalue weighted by Gasteiger charge is 2.23. The molecule has 1 unspecified atom stereocenters. The first-order valence-corrected chi connectivity index (χ1v) is 6.94. The first kappa shape index (κ1) is 15.1. The Morgan fingerprint density at radius 2 is 2.35 bits per heavy atom. The molecule has 0 saturated carbocycles. The molecule has 2 rings (SSSR count). The van der Waals surface area contributed by atoms with Crippen molar-refractivity contribution in [3.63, 3.8) is 0 Å². The van der Waals surface area contributed by atoms with Crippen molar-refractivity contribution in [1.82, 2.24) is 4.90 Å². The Hall–Kier alpha value is -1.33. The van der Waals surface area contributed by atoms with Crippen molar-refractivity contribution in [2.75, 3.05) is 26.3 Å². The molecule has 20 heavy (non-hydrogen) atoms. The summed E-state index contributed by atoms with van der Waals surface area (Å²) in [6.45, 7) is 1.18. The average Bonchev–Trinajstić information content (AvgIpc) is 2.46. The first-order chi connectivity index (χ1) is 9.60. The molecule has 1 fully saturated rings. The number of rotatable bonds is 4. The van der Waals surface area contributed by atoms with E-state index in [1.807, 2.05) is 0 Å². The summed E-state index contributed by atoms with van der Waals surface area (Å²) in [5.74, 6) is -0.168. The van der Waals surface area contributed by atoms with Crippen LogP contribution in [0.25, 0.3) is 0 Å². The first-order valence-electron chi connectivity index (χ1n) is 6.56. The highest BCUT2D eigenvalue weighted by Crippen LogP contribution is 2.25. The van der Waals surface area contributed by atoms with E-state index in [0.29, 0.717) is 13.1 Å². The number of benzene rings is 1. The molecular weight excluding hydrogens is 285 g/mol. The minimum atomic E-state index is -0.449. The van der Waals surface area contributed by atoms with E-state index in [0.717, 1.165) is 18.9 Å². The molecule has 0 aliphatic carbocycles. The van der Waals surface area contributed by atoms with Crippen LogP contribution in [0, 0.1) is 11.7 Å². The summed E-state index contributed by atoms with van der Waals surface area (Å²) in [6.07, 6.45) is 1.82. The zero-order chi connectivity index (χ0) is 14.5. The van der Waals surface area contributed by atoms with Gasteiger partial charge in [0.25, 0.3) is 5.91 Å². The summed E-state index contributed by atoms with van der Waals surface area (Å²) in [5, 5.41) is 9.28. The van der Waals surface area contributed by atoms with Crippen LogP contribution in [0.3, 0.4) is 0 Å². The number of hydrogen-bond acceptors (Lipinski definition) is 3. The zero-order valence-corrected chi connectivity index (χ0v) is 11.8. The van der Waals surface area contributed by atoms with Crippen molar-refractivity contribution in [3.8, 4) is 5.75 Å². The van der Waals surface area contributed by atoms with Crippen LogP contribution in [0.2, 0.25) is 5.02 Å². The van der Waals surface area contributed by atoms with Crippen molar-refractivity contribution in [2.24, 2.45) is 5.92 Å². The molecule has 1 saturated heterocycles. The number of aliphatic hydroxyl groups excluding tert-OH is 1. The van der Waals surface area contributed by atoms with Gasteiger partial charge in [0.05, 0.1) is 5.02 Å². The summed E-state index contributed by atoms with van der Waals surface area (Å²) >= 11 is 5.82. The maximum Gasteiger partial charge on any atom is 0.260 e. The van der Waals surface area contributed by atoms with Crippen LogP contribution in [0.15, 0.2) is 18.2 Å². The predicted octanol–water partition coefficient (Wildman–Crippen LogP) is 2.09. The molecule has 110 valence electrons. The molecule has 4 nitrogen and oxygen atoms in total. The number of aliphatic hydroxyl groups is 1. The maximum atomic E-state index is 12.9. The summed E-state index contributed by atoms with van der Waals surface area (Å²) in [4.78, 5) is 13.7. The Balaban J connectivity index is 1.88. The quantitative estimate of drug-likeness (QED) is 0.926. The number of nitrogens with zero attached hydrogens (tertiary/aromatic N) is 1. The molecule has 1 aromatic rings. The van der Waals surface area contributed by atoms with Crippen LogP contribution < -0.4 is 4.74 Å². The van der Waals surface area contributed by atoms with Gasteiger partial charge in [-0.3, -0.25) is 4.79 Å². The highest BCUT2D eigenvalue weighted by molar-refractivity contribution is 6.32. The fraction of sp³-hybridized carbons (Fsp3) is 0.500. The number of piperidine rings is 1. The van der Waals surface area contributed by atoms with Crippen molar-refractivity contribution < 1.29 is 19.0 Å². The molecule has 1 atom stereocenters. The van der Waals surface area contributed by atoms with E-state index < -0.39 is 5.82 Å². The Bertz CT molecular complexity index is 483. The van der Waals surface area contributed by atoms with Gasteiger partial charge in [-0.25, -0.2) is 4.39 Å². The molecule has 1 heterocycles. The fourth-order valence-electron chi connectivity index (χ4n) is 2.26. The van der Waals surface area contributed by atoms with Gasteiger partial charge in [0, 0.05) is 19.7 Å². The van der Waals surface area contributed by atoms with Gasteiger partial charge in [0.15, 0.2) is 6.61 Å². The van der Waals surface area contributed by atoms with Crippen LogP contribution in [0.1, 0.15) is 12.8 Å². The van der Waals surface area contributed by atoms with Gasteiger partial charge in [-0.15, -0.1) is 0 Å². The molecule has 1 aliphatic rings. The lowest BCUT2D eigenvalue weighted by molar-refractivity contribution is -0.135. The van der Waals surface area contributed by atoms with Gasteiger partial charge in [-0.05, 0) is 37.0 Å². The molecule has 0 spiro atoms. The lowest BCUT2D eigenvalue weighted by atomic mass is 9.99. The van der Waals surface area contributed by atoms with Gasteiger partial charge >= 0.3 is 0 Å². The maximum absolute atomic E-state index is 12.9. The third kappa shape index (κ3) is 3.84. The largest absolute Gasteiger partial charge is 0.482 e. The second kappa shape index (κ2) is 6.90. The van der Waals surface area contributed by atoms with E-state index >= 15 is 0 Å². The highest BCUT2D eigenvalue weighted by atomic mass is 35.5. The van der Waals surface area contributed by atoms with Crippen LogP contribution >= 0.6 is 11.6 Å². The van der Waals surface area contributed by atoms with Crippen LogP contribution in [-0.4, -0.2) is 42.2 Å². The van der Waals surface area contributed by atoms with E-state index in [1.54, 1.807) is 4.90 Å². The smallest absolute Gasteiger partial charge is 0.260 e. The van der Waals surface area contributed by atoms with Crippen molar-refractivity contribution in [2.45, 2.75) is 12.8 Å². The Morgan fingerprint density at radius 3 is 3.05 bits per heavy atom. The van der Waals surface area contributed by atoms with Crippen LogP contribution in [-0.2, 0) is 4.79 Å². The monoisotopic (exact) mass is 301 g/mol. The molecule has 1 N–H and O–H groups in total. The Labute approximate surface area is 122 Å². The van der Waals surface area contributed by atoms with Gasteiger partial charge in [0.1, 0.15) is 11.6 Å². The van der Waals surface area contributed by atoms with E-state index in [1.165, 1.54) is 12.1 Å². The molecule has 0 radical (unpaired) electrons. The minimum absolute atomic E-state index is 0.0917. The van der Waals surface area contributed by atoms with E-state index in [9.17, 15) is 9.18 Å². The molecule has 0 bridgehead atoms. The number of carbonyl (C=O) groups excluding carboxylic acids is 1. The third-order valence-corrected chi connectivity index (χ3v) is 3.67. The molecular formula is C14H17ClFNO3. The average molecular weight is 302 g/mol. The number of halogens is 2. The summed E-state index contributed by atoms with van der Waals surface area (Å²) < 4.78 is 18.2. The molecule has 1 amide bonds. The number of amides is 1. The van der Waals surface area contributed by atoms with E-state index in [4.69, 9.17) is 21.4 Å². The van der Waals surface area contributed by atoms with Crippen molar-refractivity contribution in [3.05, 3.63) is 29.0 Å². The summed E-state index contributed by atoms with van der Waals surface area (Å²) in [6, 6.07) is 3.77. The van der Waals surface area contributed by atoms with Gasteiger partial charge in [-0.2, -0.15) is 0 Å². The van der Waals surface area contributed by atoms with Gasteiger partial charge < -0.3 is 14.7 Å². The summed E-state index contributed by atoms with van der Waals surface area (Å²) in [5.41, 5.74) is 0. The minimum Gasteiger partial charge on any atom is -0.482 e. The lowest BCUT2D eigenvalue weighted by Crippen LogP contribution is -2.43.